The molecule has 1 aromatic carbocycles. The van der Waals surface area contributed by atoms with Crippen LogP contribution < -0.4 is 5.32 Å². The number of nitrogens with zero attached hydrogens (tertiary/aromatic N) is 4. The zero-order valence-electron chi connectivity index (χ0n) is 22.5. The Bertz CT molecular complexity index is 1080. The van der Waals surface area contributed by atoms with Crippen LogP contribution in [-0.4, -0.2) is 85.0 Å². The average Bonchev–Trinajstić information content (AvgIpc) is 2.93. The highest BCUT2D eigenvalue weighted by atomic mass is 35.5. The summed E-state index contributed by atoms with van der Waals surface area (Å²) >= 11 is 6.13. The van der Waals surface area contributed by atoms with E-state index in [1.807, 2.05) is 11.0 Å². The SMILES string of the molecule is COC(C)C(=O)N1CCC(C2CCC3NCN(CC(=O)N(C)Cc4ccc(C#N)c(Cl)c4)C(=O)C3C2)CC1. The molecule has 0 bridgehead atoms. The van der Waals surface area contributed by atoms with E-state index in [0.717, 1.165) is 50.8 Å². The lowest BCUT2D eigenvalue weighted by atomic mass is 9.69. The van der Waals surface area contributed by atoms with E-state index in [1.54, 1.807) is 49.1 Å². The molecule has 3 amide bonds. The van der Waals surface area contributed by atoms with E-state index in [0.29, 0.717) is 35.6 Å². The summed E-state index contributed by atoms with van der Waals surface area (Å²) in [4.78, 5) is 44.0. The minimum atomic E-state index is -0.414. The Morgan fingerprint density at radius 1 is 1.24 bits per heavy atom. The summed E-state index contributed by atoms with van der Waals surface area (Å²) in [7, 11) is 3.27. The number of carbonyl (C=O) groups is 3. The Kier molecular flexibility index (Phi) is 9.29. The smallest absolute Gasteiger partial charge is 0.251 e. The van der Waals surface area contributed by atoms with Gasteiger partial charge in [0.1, 0.15) is 18.7 Å². The fraction of sp³-hybridized carbons (Fsp3) is 0.643. The second kappa shape index (κ2) is 12.5. The van der Waals surface area contributed by atoms with Crippen molar-refractivity contribution >= 4 is 29.3 Å². The number of likely N-dealkylation sites (N-methyl/N-ethyl adjacent to an activating group) is 1. The monoisotopic (exact) mass is 543 g/mol. The zero-order valence-corrected chi connectivity index (χ0v) is 23.2. The van der Waals surface area contributed by atoms with Crippen LogP contribution in [0.4, 0.5) is 0 Å². The molecule has 1 aromatic rings. The molecule has 2 aliphatic heterocycles. The number of hydrogen-bond donors (Lipinski definition) is 1. The van der Waals surface area contributed by atoms with Gasteiger partial charge in [0, 0.05) is 39.8 Å². The molecule has 1 saturated carbocycles. The molecule has 4 rings (SSSR count). The third-order valence-electron chi connectivity index (χ3n) is 8.61. The molecule has 9 nitrogen and oxygen atoms in total. The summed E-state index contributed by atoms with van der Waals surface area (Å²) < 4.78 is 5.19. The van der Waals surface area contributed by atoms with Crippen molar-refractivity contribution in [2.75, 3.05) is 40.5 Å². The standard InChI is InChI=1S/C28H38ClN5O4/c1-18(38-3)27(36)33-10-8-20(9-11-33)21-6-7-25-23(13-21)28(37)34(17-31-25)16-26(35)32(2)15-19-4-5-22(14-30)24(29)12-19/h4-5,12,18,20-21,23,25,31H,6-11,13,15-17H2,1-3H3. The lowest BCUT2D eigenvalue weighted by Crippen LogP contribution is -2.60. The van der Waals surface area contributed by atoms with E-state index in [-0.39, 0.29) is 36.2 Å². The van der Waals surface area contributed by atoms with Crippen molar-refractivity contribution in [3.63, 3.8) is 0 Å². The first kappa shape index (κ1) is 28.3. The predicted octanol–water partition coefficient (Wildman–Crippen LogP) is 2.62. The molecule has 2 saturated heterocycles. The number of benzene rings is 1. The van der Waals surface area contributed by atoms with E-state index in [9.17, 15) is 14.4 Å². The summed E-state index contributed by atoms with van der Waals surface area (Å²) in [6.45, 7) is 4.02. The molecule has 3 fully saturated rings. The largest absolute Gasteiger partial charge is 0.372 e. The molecule has 3 aliphatic rings. The molecule has 1 aliphatic carbocycles. The first-order chi connectivity index (χ1) is 18.2. The fourth-order valence-corrected chi connectivity index (χ4v) is 6.41. The molecule has 0 spiro atoms. The van der Waals surface area contributed by atoms with Gasteiger partial charge in [-0.15, -0.1) is 0 Å². The van der Waals surface area contributed by atoms with Crippen molar-refractivity contribution in [3.05, 3.63) is 34.3 Å². The number of nitriles is 1. The van der Waals surface area contributed by atoms with Crippen LogP contribution in [0.5, 0.6) is 0 Å². The number of fused-ring (bicyclic) bond motifs is 1. The number of rotatable bonds is 7. The van der Waals surface area contributed by atoms with Gasteiger partial charge in [-0.25, -0.2) is 0 Å². The number of piperidine rings is 1. The van der Waals surface area contributed by atoms with Crippen LogP contribution in [-0.2, 0) is 25.7 Å². The van der Waals surface area contributed by atoms with Gasteiger partial charge in [0.2, 0.25) is 11.8 Å². The minimum absolute atomic E-state index is 0.0262. The Morgan fingerprint density at radius 2 is 1.97 bits per heavy atom. The average molecular weight is 544 g/mol. The second-order valence-electron chi connectivity index (χ2n) is 10.9. The van der Waals surface area contributed by atoms with Crippen molar-refractivity contribution < 1.29 is 19.1 Å². The van der Waals surface area contributed by atoms with E-state index >= 15 is 0 Å². The molecular weight excluding hydrogens is 506 g/mol. The summed E-state index contributed by atoms with van der Waals surface area (Å²) in [5, 5.41) is 12.9. The van der Waals surface area contributed by atoms with Gasteiger partial charge < -0.3 is 19.4 Å². The van der Waals surface area contributed by atoms with Gasteiger partial charge in [0.25, 0.3) is 5.91 Å². The second-order valence-corrected chi connectivity index (χ2v) is 11.3. The number of ether oxygens (including phenoxy) is 1. The Balaban J connectivity index is 1.30. The first-order valence-electron chi connectivity index (χ1n) is 13.5. The number of halogens is 1. The summed E-state index contributed by atoms with van der Waals surface area (Å²) in [5.74, 6) is 0.809. The Morgan fingerprint density at radius 3 is 2.63 bits per heavy atom. The maximum absolute atomic E-state index is 13.5. The third-order valence-corrected chi connectivity index (χ3v) is 8.92. The van der Waals surface area contributed by atoms with Gasteiger partial charge in [-0.05, 0) is 68.6 Å². The number of amides is 3. The highest BCUT2D eigenvalue weighted by Gasteiger charge is 2.43. The van der Waals surface area contributed by atoms with Crippen LogP contribution in [0.3, 0.4) is 0 Å². The predicted molar refractivity (Wildman–Crippen MR) is 143 cm³/mol. The van der Waals surface area contributed by atoms with Crippen molar-refractivity contribution in [3.8, 4) is 6.07 Å². The van der Waals surface area contributed by atoms with Crippen molar-refractivity contribution in [2.24, 2.45) is 17.8 Å². The van der Waals surface area contributed by atoms with Gasteiger partial charge >= 0.3 is 0 Å². The molecule has 38 heavy (non-hydrogen) atoms. The van der Waals surface area contributed by atoms with Crippen LogP contribution >= 0.6 is 11.6 Å². The van der Waals surface area contributed by atoms with Gasteiger partial charge in [-0.1, -0.05) is 17.7 Å². The zero-order chi connectivity index (χ0) is 27.4. The van der Waals surface area contributed by atoms with Gasteiger partial charge in [-0.3, -0.25) is 19.7 Å². The first-order valence-corrected chi connectivity index (χ1v) is 13.9. The van der Waals surface area contributed by atoms with Crippen LogP contribution in [0, 0.1) is 29.1 Å². The van der Waals surface area contributed by atoms with Crippen LogP contribution in [0.1, 0.15) is 50.2 Å². The molecule has 1 N–H and O–H groups in total. The van der Waals surface area contributed by atoms with Crippen molar-refractivity contribution in [1.29, 1.82) is 5.26 Å². The normalized spacial score (nSPS) is 24.9. The summed E-state index contributed by atoms with van der Waals surface area (Å²) in [6.07, 6.45) is 4.37. The fourth-order valence-electron chi connectivity index (χ4n) is 6.17. The molecule has 2 heterocycles. The van der Waals surface area contributed by atoms with Crippen molar-refractivity contribution in [2.45, 2.75) is 57.7 Å². The Labute approximate surface area is 230 Å². The molecule has 0 radical (unpaired) electrons. The molecule has 206 valence electrons. The molecule has 0 aromatic heterocycles. The van der Waals surface area contributed by atoms with Crippen LogP contribution in [0.15, 0.2) is 18.2 Å². The number of nitrogens with one attached hydrogen (secondary N) is 1. The molecule has 10 heteroatoms. The highest BCUT2D eigenvalue weighted by molar-refractivity contribution is 6.31. The van der Waals surface area contributed by atoms with E-state index in [2.05, 4.69) is 5.32 Å². The maximum atomic E-state index is 13.5. The summed E-state index contributed by atoms with van der Waals surface area (Å²) in [5.41, 5.74) is 1.22. The van der Waals surface area contributed by atoms with Gasteiger partial charge in [-0.2, -0.15) is 5.26 Å². The van der Waals surface area contributed by atoms with Crippen LogP contribution in [0.25, 0.3) is 0 Å². The minimum Gasteiger partial charge on any atom is -0.372 e. The van der Waals surface area contributed by atoms with E-state index in [4.69, 9.17) is 21.6 Å². The molecule has 4 unspecified atom stereocenters. The maximum Gasteiger partial charge on any atom is 0.251 e. The number of hydrogen-bond acceptors (Lipinski definition) is 6. The number of carbonyl (C=O) groups excluding carboxylic acids is 3. The van der Waals surface area contributed by atoms with Crippen molar-refractivity contribution in [1.82, 2.24) is 20.0 Å². The lowest BCUT2D eigenvalue weighted by molar-refractivity contribution is -0.149. The molecule has 4 atom stereocenters. The highest BCUT2D eigenvalue weighted by Crippen LogP contribution is 2.40. The van der Waals surface area contributed by atoms with E-state index in [1.165, 1.54) is 0 Å². The van der Waals surface area contributed by atoms with E-state index < -0.39 is 6.10 Å². The topological polar surface area (TPSA) is 106 Å². The number of methoxy groups -OCH3 is 1. The summed E-state index contributed by atoms with van der Waals surface area (Å²) in [6, 6.07) is 7.32. The Hall–Kier alpha value is -2.67. The third kappa shape index (κ3) is 6.31. The quantitative estimate of drug-likeness (QED) is 0.566. The van der Waals surface area contributed by atoms with Gasteiger partial charge in [0.05, 0.1) is 23.2 Å². The molecular formula is C28H38ClN5O4. The van der Waals surface area contributed by atoms with Crippen LogP contribution in [0.2, 0.25) is 5.02 Å². The number of likely N-dealkylation sites (tertiary alicyclic amines) is 1. The lowest BCUT2D eigenvalue weighted by Gasteiger charge is -2.46. The van der Waals surface area contributed by atoms with Gasteiger partial charge in [0.15, 0.2) is 0 Å².